The molecule has 0 aliphatic heterocycles. The van der Waals surface area contributed by atoms with Gasteiger partial charge in [-0.25, -0.2) is 9.97 Å². The van der Waals surface area contributed by atoms with Gasteiger partial charge >= 0.3 is 0 Å². The second-order valence-corrected chi connectivity index (χ2v) is 4.39. The summed E-state index contributed by atoms with van der Waals surface area (Å²) in [6.07, 6.45) is 3.57. The summed E-state index contributed by atoms with van der Waals surface area (Å²) in [6, 6.07) is 3.90. The number of nitrogens with two attached hydrogens (primary N) is 1. The molecule has 0 aliphatic carbocycles. The molecule has 2 N–H and O–H groups in total. The fourth-order valence-corrected chi connectivity index (χ4v) is 2.20. The lowest BCUT2D eigenvalue weighted by molar-refractivity contribution is 0.373. The van der Waals surface area contributed by atoms with Crippen molar-refractivity contribution in [2.45, 2.75) is 45.7 Å². The molecule has 0 saturated carbocycles. The van der Waals surface area contributed by atoms with Gasteiger partial charge in [-0.05, 0) is 31.9 Å². The van der Waals surface area contributed by atoms with E-state index in [1.165, 1.54) is 0 Å². The fourth-order valence-electron chi connectivity index (χ4n) is 2.20. The topological polar surface area (TPSA) is 56.7 Å². The molecule has 0 amide bonds. The van der Waals surface area contributed by atoms with Gasteiger partial charge in [0, 0.05) is 12.7 Å². The van der Waals surface area contributed by atoms with Crippen LogP contribution in [0.15, 0.2) is 18.3 Å². The normalized spacial score (nSPS) is 12.2. The van der Waals surface area contributed by atoms with Crippen LogP contribution in [-0.4, -0.2) is 14.5 Å². The van der Waals surface area contributed by atoms with Crippen LogP contribution in [0, 0.1) is 0 Å². The number of fused-ring (bicyclic) bond motifs is 1. The first kappa shape index (κ1) is 12.0. The number of hydrogen-bond acceptors (Lipinski definition) is 3. The molecule has 0 radical (unpaired) electrons. The Hall–Kier alpha value is -1.42. The van der Waals surface area contributed by atoms with Gasteiger partial charge in [0.1, 0.15) is 11.3 Å². The molecule has 0 aliphatic rings. The summed E-state index contributed by atoms with van der Waals surface area (Å²) in [4.78, 5) is 9.07. The van der Waals surface area contributed by atoms with Crippen molar-refractivity contribution in [3.8, 4) is 0 Å². The Morgan fingerprint density at radius 1 is 1.29 bits per heavy atom. The number of imidazole rings is 1. The van der Waals surface area contributed by atoms with Crippen LogP contribution in [0.4, 0.5) is 0 Å². The van der Waals surface area contributed by atoms with Crippen molar-refractivity contribution in [1.82, 2.24) is 14.5 Å². The summed E-state index contributed by atoms with van der Waals surface area (Å²) in [7, 11) is 0. The van der Waals surface area contributed by atoms with Crippen molar-refractivity contribution in [2.24, 2.45) is 5.73 Å². The molecule has 2 aromatic heterocycles. The summed E-state index contributed by atoms with van der Waals surface area (Å²) in [5.41, 5.74) is 7.96. The maximum Gasteiger partial charge on any atom is 0.160 e. The van der Waals surface area contributed by atoms with Crippen LogP contribution in [0.2, 0.25) is 0 Å². The van der Waals surface area contributed by atoms with Crippen molar-refractivity contribution in [2.75, 3.05) is 0 Å². The van der Waals surface area contributed by atoms with E-state index >= 15 is 0 Å². The second kappa shape index (κ2) is 4.45. The van der Waals surface area contributed by atoms with E-state index in [1.54, 1.807) is 6.20 Å². The zero-order chi connectivity index (χ0) is 12.5. The number of nitrogens with zero attached hydrogens (tertiary/aromatic N) is 3. The smallest absolute Gasteiger partial charge is 0.160 e. The Balaban J connectivity index is 2.68. The molecule has 0 bridgehead atoms. The van der Waals surface area contributed by atoms with Gasteiger partial charge in [0.2, 0.25) is 0 Å². The number of hydrogen-bond donors (Lipinski definition) is 1. The number of pyridine rings is 1. The molecule has 0 saturated heterocycles. The van der Waals surface area contributed by atoms with Crippen LogP contribution < -0.4 is 5.73 Å². The molecule has 2 rings (SSSR count). The van der Waals surface area contributed by atoms with E-state index in [4.69, 9.17) is 5.73 Å². The quantitative estimate of drug-likeness (QED) is 0.880. The maximum absolute atomic E-state index is 6.45. The molecule has 4 nitrogen and oxygen atoms in total. The molecule has 17 heavy (non-hydrogen) atoms. The Labute approximate surface area is 102 Å². The van der Waals surface area contributed by atoms with Crippen LogP contribution in [0.1, 0.15) is 39.4 Å². The van der Waals surface area contributed by atoms with Gasteiger partial charge < -0.3 is 10.3 Å². The van der Waals surface area contributed by atoms with Crippen molar-refractivity contribution in [1.29, 1.82) is 0 Å². The van der Waals surface area contributed by atoms with E-state index in [0.29, 0.717) is 0 Å². The van der Waals surface area contributed by atoms with Gasteiger partial charge in [-0.15, -0.1) is 0 Å². The highest BCUT2D eigenvalue weighted by Crippen LogP contribution is 2.27. The Morgan fingerprint density at radius 3 is 2.59 bits per heavy atom. The van der Waals surface area contributed by atoms with Gasteiger partial charge in [-0.1, -0.05) is 13.8 Å². The second-order valence-electron chi connectivity index (χ2n) is 4.39. The van der Waals surface area contributed by atoms with Crippen molar-refractivity contribution >= 4 is 11.2 Å². The molecular formula is C13H20N4. The van der Waals surface area contributed by atoms with Crippen molar-refractivity contribution in [3.05, 3.63) is 24.2 Å². The van der Waals surface area contributed by atoms with E-state index in [2.05, 4.69) is 35.3 Å². The summed E-state index contributed by atoms with van der Waals surface area (Å²) in [6.45, 7) is 7.17. The zero-order valence-corrected chi connectivity index (χ0v) is 10.8. The Bertz CT molecular complexity index is 511. The van der Waals surface area contributed by atoms with Gasteiger partial charge in [-0.2, -0.15) is 0 Å². The van der Waals surface area contributed by atoms with E-state index < -0.39 is 0 Å². The third-order valence-electron chi connectivity index (χ3n) is 3.53. The fraction of sp³-hybridized carbons (Fsp3) is 0.538. The van der Waals surface area contributed by atoms with Crippen LogP contribution in [-0.2, 0) is 12.1 Å². The van der Waals surface area contributed by atoms with Crippen LogP contribution in [0.3, 0.4) is 0 Å². The Kier molecular flexibility index (Phi) is 3.15. The minimum absolute atomic E-state index is 0.350. The SMILES string of the molecule is CCn1c(C(N)(CC)CC)nc2cccnc21. The summed E-state index contributed by atoms with van der Waals surface area (Å²) >= 11 is 0. The lowest BCUT2D eigenvalue weighted by atomic mass is 9.93. The lowest BCUT2D eigenvalue weighted by Crippen LogP contribution is -2.38. The zero-order valence-electron chi connectivity index (χ0n) is 10.8. The molecule has 2 aromatic rings. The highest BCUT2D eigenvalue weighted by molar-refractivity contribution is 5.71. The van der Waals surface area contributed by atoms with Crippen LogP contribution >= 0.6 is 0 Å². The van der Waals surface area contributed by atoms with Crippen molar-refractivity contribution in [3.63, 3.8) is 0 Å². The standard InChI is InChI=1S/C13H20N4/c1-4-13(14,5-2)12-16-10-8-7-9-15-11(10)17(12)6-3/h7-9H,4-6,14H2,1-3H3. The largest absolute Gasteiger partial charge is 0.319 e. The van der Waals surface area contributed by atoms with Crippen LogP contribution in [0.25, 0.3) is 11.2 Å². The maximum atomic E-state index is 6.45. The molecule has 4 heteroatoms. The van der Waals surface area contributed by atoms with Crippen molar-refractivity contribution < 1.29 is 0 Å². The first-order valence-corrected chi connectivity index (χ1v) is 6.26. The highest BCUT2D eigenvalue weighted by atomic mass is 15.2. The minimum Gasteiger partial charge on any atom is -0.319 e. The van der Waals surface area contributed by atoms with Gasteiger partial charge in [0.15, 0.2) is 5.65 Å². The molecule has 0 fully saturated rings. The van der Waals surface area contributed by atoms with Crippen LogP contribution in [0.5, 0.6) is 0 Å². The van der Waals surface area contributed by atoms with Gasteiger partial charge in [0.25, 0.3) is 0 Å². The summed E-state index contributed by atoms with van der Waals surface area (Å²) in [5, 5.41) is 0. The van der Waals surface area contributed by atoms with E-state index in [0.717, 1.165) is 36.4 Å². The monoisotopic (exact) mass is 232 g/mol. The molecule has 0 spiro atoms. The third-order valence-corrected chi connectivity index (χ3v) is 3.53. The van der Waals surface area contributed by atoms with E-state index in [-0.39, 0.29) is 5.54 Å². The predicted octanol–water partition coefficient (Wildman–Crippen LogP) is 2.43. The average Bonchev–Trinajstić information content (AvgIpc) is 2.76. The number of rotatable bonds is 4. The predicted molar refractivity (Wildman–Crippen MR) is 69.6 cm³/mol. The lowest BCUT2D eigenvalue weighted by Gasteiger charge is -2.26. The number of aromatic nitrogens is 3. The highest BCUT2D eigenvalue weighted by Gasteiger charge is 2.29. The molecule has 0 unspecified atom stereocenters. The summed E-state index contributed by atoms with van der Waals surface area (Å²) in [5.74, 6) is 0.957. The van der Waals surface area contributed by atoms with Gasteiger partial charge in [-0.3, -0.25) is 0 Å². The van der Waals surface area contributed by atoms with Gasteiger partial charge in [0.05, 0.1) is 5.54 Å². The summed E-state index contributed by atoms with van der Waals surface area (Å²) < 4.78 is 2.13. The first-order chi connectivity index (χ1) is 8.16. The number of aryl methyl sites for hydroxylation is 1. The molecular weight excluding hydrogens is 212 g/mol. The van der Waals surface area contributed by atoms with E-state index in [1.807, 2.05) is 12.1 Å². The molecule has 2 heterocycles. The third kappa shape index (κ3) is 1.82. The van der Waals surface area contributed by atoms with E-state index in [9.17, 15) is 0 Å². The molecule has 0 aromatic carbocycles. The Morgan fingerprint density at radius 2 is 2.00 bits per heavy atom. The average molecular weight is 232 g/mol. The molecule has 0 atom stereocenters. The first-order valence-electron chi connectivity index (χ1n) is 6.26. The molecule has 92 valence electrons. The minimum atomic E-state index is -0.350.